The Bertz CT molecular complexity index is 1760. The van der Waals surface area contributed by atoms with Gasteiger partial charge in [-0.3, -0.25) is 4.79 Å². The number of rotatable bonds is 5. The van der Waals surface area contributed by atoms with Crippen molar-refractivity contribution < 1.29 is 19.1 Å². The first-order chi connectivity index (χ1) is 18.0. The van der Waals surface area contributed by atoms with Gasteiger partial charge < -0.3 is 15.4 Å². The summed E-state index contributed by atoms with van der Waals surface area (Å²) in [6.45, 7) is 1.95. The van der Waals surface area contributed by atoms with Crippen LogP contribution in [0, 0.1) is 6.92 Å². The minimum atomic E-state index is -0.830. The second-order valence-electron chi connectivity index (χ2n) is 8.60. The van der Waals surface area contributed by atoms with Crippen molar-refractivity contribution >= 4 is 33.0 Å². The molecule has 6 rings (SSSR count). The molecule has 0 saturated heterocycles. The summed E-state index contributed by atoms with van der Waals surface area (Å²) < 4.78 is 6.11. The molecule has 0 bridgehead atoms. The molecule has 3 aromatic heterocycles. The van der Waals surface area contributed by atoms with Gasteiger partial charge in [-0.1, -0.05) is 78.4 Å². The van der Waals surface area contributed by atoms with Gasteiger partial charge in [0, 0.05) is 23.1 Å². The molecule has 0 aliphatic heterocycles. The minimum Gasteiger partial charge on any atom is -0.539 e. The maximum atomic E-state index is 13.8. The van der Waals surface area contributed by atoms with Crippen molar-refractivity contribution in [3.05, 3.63) is 107 Å². The fraction of sp³-hybridized carbons (Fsp3) is 0.0345. The maximum Gasteiger partial charge on any atom is 0.312 e. The lowest BCUT2D eigenvalue weighted by atomic mass is 9.99. The molecule has 0 aliphatic carbocycles. The van der Waals surface area contributed by atoms with Gasteiger partial charge in [-0.25, -0.2) is 4.98 Å². The molecule has 6 aromatic rings. The van der Waals surface area contributed by atoms with Crippen LogP contribution in [0.5, 0.6) is 5.95 Å². The number of thiophene rings is 1. The Morgan fingerprint density at radius 2 is 1.59 bits per heavy atom. The summed E-state index contributed by atoms with van der Waals surface area (Å²) in [5.74, 6) is -1.39. The molecule has 0 amide bonds. The lowest BCUT2D eigenvalue weighted by molar-refractivity contribution is -0.672. The number of ketones is 1. The molecule has 180 valence electrons. The first-order valence-corrected chi connectivity index (χ1v) is 12.4. The Balaban J connectivity index is 1.56. The van der Waals surface area contributed by atoms with Gasteiger partial charge >= 0.3 is 5.69 Å². The number of carbonyl (C=O) groups excluding carboxylic acids is 1. The van der Waals surface area contributed by atoms with Crippen molar-refractivity contribution in [2.75, 3.05) is 5.73 Å². The van der Waals surface area contributed by atoms with Gasteiger partial charge in [-0.15, -0.1) is 11.3 Å². The van der Waals surface area contributed by atoms with E-state index < -0.39 is 11.7 Å². The highest BCUT2D eigenvalue weighted by molar-refractivity contribution is 7.21. The fourth-order valence-electron chi connectivity index (χ4n) is 4.30. The molecule has 0 radical (unpaired) electrons. The van der Waals surface area contributed by atoms with Crippen LogP contribution in [-0.4, -0.2) is 16.0 Å². The van der Waals surface area contributed by atoms with Crippen molar-refractivity contribution in [2.24, 2.45) is 0 Å². The zero-order chi connectivity index (χ0) is 25.5. The van der Waals surface area contributed by atoms with Gasteiger partial charge in [-0.2, -0.15) is 0 Å². The lowest BCUT2D eigenvalue weighted by Gasteiger charge is -2.08. The van der Waals surface area contributed by atoms with E-state index in [9.17, 15) is 9.90 Å². The summed E-state index contributed by atoms with van der Waals surface area (Å²) in [6.07, 6.45) is 0. The number of benzene rings is 3. The Morgan fingerprint density at radius 1 is 0.946 bits per heavy atom. The van der Waals surface area contributed by atoms with E-state index in [1.165, 1.54) is 4.68 Å². The third kappa shape index (κ3) is 3.93. The highest BCUT2D eigenvalue weighted by Crippen LogP contribution is 2.42. The minimum absolute atomic E-state index is 0.214. The summed E-state index contributed by atoms with van der Waals surface area (Å²) in [4.78, 5) is 19.4. The van der Waals surface area contributed by atoms with Crippen molar-refractivity contribution in [3.8, 4) is 34.0 Å². The first-order valence-electron chi connectivity index (χ1n) is 11.6. The van der Waals surface area contributed by atoms with E-state index in [-0.39, 0.29) is 16.3 Å². The van der Waals surface area contributed by atoms with Crippen LogP contribution in [0.2, 0.25) is 0 Å². The van der Waals surface area contributed by atoms with Crippen LogP contribution in [-0.2, 0) is 0 Å². The number of aryl methyl sites for hydroxylation is 1. The molecule has 2 N–H and O–H groups in total. The molecule has 0 fully saturated rings. The summed E-state index contributed by atoms with van der Waals surface area (Å²) in [7, 11) is 0. The van der Waals surface area contributed by atoms with Crippen molar-refractivity contribution in [3.63, 3.8) is 0 Å². The molecule has 3 heterocycles. The summed E-state index contributed by atoms with van der Waals surface area (Å²) in [5.41, 5.74) is 11.7. The highest BCUT2D eigenvalue weighted by Gasteiger charge is 2.32. The number of fused-ring (bicyclic) bond motifs is 1. The Kier molecular flexibility index (Phi) is 5.50. The van der Waals surface area contributed by atoms with E-state index in [1.807, 2.05) is 85.8 Å². The number of anilines is 1. The van der Waals surface area contributed by atoms with Crippen LogP contribution in [0.3, 0.4) is 0 Å². The normalized spacial score (nSPS) is 11.2. The van der Waals surface area contributed by atoms with Gasteiger partial charge in [0.1, 0.15) is 9.71 Å². The molecular weight excluding hydrogens is 484 g/mol. The predicted octanol–water partition coefficient (Wildman–Crippen LogP) is 5.09. The summed E-state index contributed by atoms with van der Waals surface area (Å²) >= 11 is 1.16. The van der Waals surface area contributed by atoms with E-state index in [2.05, 4.69) is 5.27 Å². The molecule has 0 atom stereocenters. The zero-order valence-electron chi connectivity index (χ0n) is 19.7. The molecule has 3 aromatic carbocycles. The number of carbonyl (C=O) groups is 1. The van der Waals surface area contributed by atoms with Crippen LogP contribution < -0.4 is 15.5 Å². The number of aromatic nitrogens is 3. The zero-order valence-corrected chi connectivity index (χ0v) is 20.5. The van der Waals surface area contributed by atoms with Crippen molar-refractivity contribution in [1.82, 2.24) is 10.3 Å². The number of pyridine rings is 1. The average molecular weight is 505 g/mol. The smallest absolute Gasteiger partial charge is 0.312 e. The van der Waals surface area contributed by atoms with E-state index in [1.54, 1.807) is 12.1 Å². The molecule has 0 unspecified atom stereocenters. The lowest BCUT2D eigenvalue weighted by Crippen LogP contribution is -2.39. The fourth-order valence-corrected chi connectivity index (χ4v) is 5.36. The topological polar surface area (TPSA) is 109 Å². The molecular formula is C29H20N4O3S. The molecule has 0 spiro atoms. The van der Waals surface area contributed by atoms with E-state index in [0.717, 1.165) is 39.3 Å². The van der Waals surface area contributed by atoms with Gasteiger partial charge in [0.15, 0.2) is 5.95 Å². The van der Waals surface area contributed by atoms with Crippen molar-refractivity contribution in [2.45, 2.75) is 6.92 Å². The van der Waals surface area contributed by atoms with Gasteiger partial charge in [0.05, 0.1) is 16.7 Å². The standard InChI is InChI=1S/C29H20N4O3S/c1-17-12-14-20(15-13-17)33-25(29(35)36-32-33)26(34)27-24(30)23-21(18-8-4-2-5-9-18)16-22(31-28(23)37-27)19-10-6-3-7-11-19/h2-16H,1H3,(H2-,30,32,34,35). The number of hydrogen-bond donors (Lipinski definition) is 1. The molecule has 0 saturated carbocycles. The van der Waals surface area contributed by atoms with E-state index in [0.29, 0.717) is 15.9 Å². The van der Waals surface area contributed by atoms with Crippen LogP contribution in [0.4, 0.5) is 5.69 Å². The monoisotopic (exact) mass is 504 g/mol. The number of nitrogens with two attached hydrogens (primary N) is 1. The Labute approximate surface area is 216 Å². The average Bonchev–Trinajstić information content (AvgIpc) is 3.49. The van der Waals surface area contributed by atoms with Crippen LogP contribution in [0.25, 0.3) is 38.3 Å². The van der Waals surface area contributed by atoms with Gasteiger partial charge in [0.2, 0.25) is 5.69 Å². The summed E-state index contributed by atoms with van der Waals surface area (Å²) in [6, 6.07) is 28.9. The molecule has 8 heteroatoms. The highest BCUT2D eigenvalue weighted by atomic mass is 32.1. The summed E-state index contributed by atoms with van der Waals surface area (Å²) in [5, 5.41) is 17.1. The number of hydrogen-bond acceptors (Lipinski definition) is 7. The molecule has 7 nitrogen and oxygen atoms in total. The first kappa shape index (κ1) is 22.6. The van der Waals surface area contributed by atoms with Crippen LogP contribution in [0.15, 0.2) is 95.5 Å². The third-order valence-corrected chi connectivity index (χ3v) is 7.26. The van der Waals surface area contributed by atoms with E-state index in [4.69, 9.17) is 15.2 Å². The van der Waals surface area contributed by atoms with E-state index >= 15 is 0 Å². The Morgan fingerprint density at radius 3 is 2.27 bits per heavy atom. The maximum absolute atomic E-state index is 13.8. The third-order valence-electron chi connectivity index (χ3n) is 6.16. The number of nitrogens with zero attached hydrogens (tertiary/aromatic N) is 3. The van der Waals surface area contributed by atoms with Crippen LogP contribution in [0.1, 0.15) is 20.9 Å². The Hall–Kier alpha value is -4.82. The second kappa shape index (κ2) is 9.00. The van der Waals surface area contributed by atoms with Gasteiger partial charge in [-0.05, 0) is 28.8 Å². The van der Waals surface area contributed by atoms with Gasteiger partial charge in [0.25, 0.3) is 5.78 Å². The predicted molar refractivity (Wildman–Crippen MR) is 141 cm³/mol. The molecule has 37 heavy (non-hydrogen) atoms. The second-order valence-corrected chi connectivity index (χ2v) is 9.60. The molecule has 0 aliphatic rings. The SMILES string of the molecule is Cc1ccc(-[n+]2noc([O-])c2C(=O)c2sc3nc(-c4ccccc4)cc(-c4ccccc4)c3c2N)cc1. The number of nitrogen functional groups attached to an aromatic ring is 1. The van der Waals surface area contributed by atoms with Crippen LogP contribution >= 0.6 is 11.3 Å². The largest absolute Gasteiger partial charge is 0.539 e. The quantitative estimate of drug-likeness (QED) is 0.259. The van der Waals surface area contributed by atoms with Crippen molar-refractivity contribution in [1.29, 1.82) is 0 Å².